The molecule has 0 saturated carbocycles. The molecule has 0 radical (unpaired) electrons. The number of H-pyrrole nitrogens is 1. The maximum atomic E-state index is 12.4. The van der Waals surface area contributed by atoms with E-state index < -0.39 is 10.0 Å². The number of nitrogens with one attached hydrogen (secondary N) is 2. The van der Waals surface area contributed by atoms with Gasteiger partial charge in [0.05, 0.1) is 4.90 Å². The van der Waals surface area contributed by atoms with Gasteiger partial charge in [0, 0.05) is 28.2 Å². The Labute approximate surface area is 140 Å². The Hall–Kier alpha value is -1.82. The van der Waals surface area contributed by atoms with E-state index in [1.54, 1.807) is 12.1 Å². The molecular weight excluding hydrogens is 332 g/mol. The Morgan fingerprint density at radius 3 is 2.57 bits per heavy atom. The van der Waals surface area contributed by atoms with E-state index in [1.807, 2.05) is 37.4 Å². The highest BCUT2D eigenvalue weighted by atomic mass is 35.5. The summed E-state index contributed by atoms with van der Waals surface area (Å²) in [6.07, 6.45) is 2.54. The van der Waals surface area contributed by atoms with Crippen LogP contribution < -0.4 is 4.72 Å². The lowest BCUT2D eigenvalue weighted by molar-refractivity contribution is 0.560. The maximum Gasteiger partial charge on any atom is 0.240 e. The van der Waals surface area contributed by atoms with E-state index in [9.17, 15) is 8.42 Å². The van der Waals surface area contributed by atoms with Crippen molar-refractivity contribution in [3.05, 3.63) is 65.3 Å². The first-order valence-corrected chi connectivity index (χ1v) is 9.15. The van der Waals surface area contributed by atoms with E-state index in [0.29, 0.717) is 11.4 Å². The molecule has 1 atom stereocenters. The molecule has 1 unspecified atom stereocenters. The highest BCUT2D eigenvalue weighted by molar-refractivity contribution is 7.89. The zero-order valence-electron chi connectivity index (χ0n) is 12.6. The summed E-state index contributed by atoms with van der Waals surface area (Å²) in [6, 6.07) is 13.9. The largest absolute Gasteiger partial charge is 0.361 e. The number of para-hydroxylation sites is 1. The number of hydrogen-bond donors (Lipinski definition) is 2. The van der Waals surface area contributed by atoms with E-state index in [0.717, 1.165) is 16.5 Å². The lowest BCUT2D eigenvalue weighted by Crippen LogP contribution is -2.34. The summed E-state index contributed by atoms with van der Waals surface area (Å²) >= 11 is 5.80. The number of sulfonamides is 1. The van der Waals surface area contributed by atoms with Gasteiger partial charge in [0.2, 0.25) is 10.0 Å². The Balaban J connectivity index is 1.76. The predicted molar refractivity (Wildman–Crippen MR) is 93.2 cm³/mol. The van der Waals surface area contributed by atoms with Gasteiger partial charge >= 0.3 is 0 Å². The average molecular weight is 349 g/mol. The molecule has 2 aromatic carbocycles. The topological polar surface area (TPSA) is 62.0 Å². The van der Waals surface area contributed by atoms with Crippen LogP contribution in [0.25, 0.3) is 10.9 Å². The quantitative estimate of drug-likeness (QED) is 0.738. The maximum absolute atomic E-state index is 12.4. The zero-order chi connectivity index (χ0) is 16.4. The molecule has 0 saturated heterocycles. The Morgan fingerprint density at radius 2 is 1.83 bits per heavy atom. The van der Waals surface area contributed by atoms with Crippen molar-refractivity contribution in [3.8, 4) is 0 Å². The minimum Gasteiger partial charge on any atom is -0.361 e. The predicted octanol–water partition coefficient (Wildman–Crippen LogP) is 3.73. The summed E-state index contributed by atoms with van der Waals surface area (Å²) in [6.45, 7) is 1.86. The van der Waals surface area contributed by atoms with Crippen LogP contribution in [-0.2, 0) is 16.4 Å². The van der Waals surface area contributed by atoms with Gasteiger partial charge in [-0.3, -0.25) is 0 Å². The van der Waals surface area contributed by atoms with Crippen molar-refractivity contribution in [2.45, 2.75) is 24.3 Å². The molecule has 2 N–H and O–H groups in total. The van der Waals surface area contributed by atoms with Crippen LogP contribution in [0.2, 0.25) is 5.02 Å². The molecule has 3 rings (SSSR count). The third kappa shape index (κ3) is 3.58. The first kappa shape index (κ1) is 16.1. The molecule has 3 aromatic rings. The molecular formula is C17H17ClN2O2S. The molecule has 0 aliphatic rings. The van der Waals surface area contributed by atoms with Crippen LogP contribution in [-0.4, -0.2) is 19.4 Å². The molecule has 0 spiro atoms. The fourth-order valence-electron chi connectivity index (χ4n) is 2.62. The summed E-state index contributed by atoms with van der Waals surface area (Å²) in [5, 5.41) is 1.63. The number of halogens is 1. The van der Waals surface area contributed by atoms with Crippen LogP contribution in [0.5, 0.6) is 0 Å². The van der Waals surface area contributed by atoms with E-state index in [-0.39, 0.29) is 10.9 Å². The van der Waals surface area contributed by atoms with Crippen LogP contribution in [0.3, 0.4) is 0 Å². The zero-order valence-corrected chi connectivity index (χ0v) is 14.2. The van der Waals surface area contributed by atoms with Crippen molar-refractivity contribution in [1.82, 2.24) is 9.71 Å². The summed E-state index contributed by atoms with van der Waals surface area (Å²) < 4.78 is 27.5. The summed E-state index contributed by atoms with van der Waals surface area (Å²) in [5.74, 6) is 0. The van der Waals surface area contributed by atoms with Crippen LogP contribution in [0.15, 0.2) is 59.6 Å². The normalized spacial score (nSPS) is 13.3. The van der Waals surface area contributed by atoms with Gasteiger partial charge in [0.1, 0.15) is 0 Å². The Bertz CT molecular complexity index is 917. The first-order chi connectivity index (χ1) is 11.0. The number of aromatic amines is 1. The van der Waals surface area contributed by atoms with Gasteiger partial charge in [0.15, 0.2) is 0 Å². The highest BCUT2D eigenvalue weighted by Gasteiger charge is 2.18. The van der Waals surface area contributed by atoms with Crippen LogP contribution in [0, 0.1) is 0 Å². The first-order valence-electron chi connectivity index (χ1n) is 7.28. The molecule has 0 aliphatic carbocycles. The van der Waals surface area contributed by atoms with E-state index >= 15 is 0 Å². The second-order valence-electron chi connectivity index (χ2n) is 5.54. The fraction of sp³-hybridized carbons (Fsp3) is 0.176. The molecule has 120 valence electrons. The Morgan fingerprint density at radius 1 is 1.13 bits per heavy atom. The number of aromatic nitrogens is 1. The van der Waals surface area contributed by atoms with Gasteiger partial charge in [-0.25, -0.2) is 13.1 Å². The summed E-state index contributed by atoms with van der Waals surface area (Å²) in [5.41, 5.74) is 2.14. The van der Waals surface area contributed by atoms with E-state index in [1.165, 1.54) is 12.1 Å². The third-order valence-electron chi connectivity index (χ3n) is 3.68. The number of benzene rings is 2. The summed E-state index contributed by atoms with van der Waals surface area (Å²) in [7, 11) is -3.55. The minimum absolute atomic E-state index is 0.215. The van der Waals surface area contributed by atoms with Crippen LogP contribution in [0.4, 0.5) is 0 Å². The summed E-state index contributed by atoms with van der Waals surface area (Å²) in [4.78, 5) is 3.42. The third-order valence-corrected chi connectivity index (χ3v) is 5.54. The molecule has 0 fully saturated rings. The number of hydrogen-bond acceptors (Lipinski definition) is 2. The second kappa shape index (κ2) is 6.35. The lowest BCUT2D eigenvalue weighted by atomic mass is 10.1. The molecule has 1 aromatic heterocycles. The number of rotatable bonds is 5. The standard InChI is InChI=1S/C17H17ClN2O2S/c1-12(10-13-11-19-17-5-3-2-4-16(13)17)20-23(21,22)15-8-6-14(18)7-9-15/h2-9,11-12,19-20H,10H2,1H3. The van der Waals surface area contributed by atoms with Crippen molar-refractivity contribution >= 4 is 32.5 Å². The van der Waals surface area contributed by atoms with E-state index in [4.69, 9.17) is 11.6 Å². The van der Waals surface area contributed by atoms with Crippen LogP contribution in [0.1, 0.15) is 12.5 Å². The van der Waals surface area contributed by atoms with Crippen molar-refractivity contribution in [3.63, 3.8) is 0 Å². The van der Waals surface area contributed by atoms with Gasteiger partial charge in [-0.2, -0.15) is 0 Å². The van der Waals surface area contributed by atoms with Crippen LogP contribution >= 0.6 is 11.6 Å². The smallest absolute Gasteiger partial charge is 0.240 e. The molecule has 23 heavy (non-hydrogen) atoms. The average Bonchev–Trinajstić information content (AvgIpc) is 2.90. The second-order valence-corrected chi connectivity index (χ2v) is 7.69. The molecule has 0 bridgehead atoms. The molecule has 6 heteroatoms. The lowest BCUT2D eigenvalue weighted by Gasteiger charge is -2.14. The van der Waals surface area contributed by atoms with Gasteiger partial charge in [0.25, 0.3) is 0 Å². The number of fused-ring (bicyclic) bond motifs is 1. The van der Waals surface area contributed by atoms with Crippen molar-refractivity contribution in [1.29, 1.82) is 0 Å². The highest BCUT2D eigenvalue weighted by Crippen LogP contribution is 2.20. The van der Waals surface area contributed by atoms with Gasteiger partial charge in [-0.15, -0.1) is 0 Å². The van der Waals surface area contributed by atoms with Crippen molar-refractivity contribution in [2.24, 2.45) is 0 Å². The van der Waals surface area contributed by atoms with Gasteiger partial charge in [-0.1, -0.05) is 29.8 Å². The van der Waals surface area contributed by atoms with Gasteiger partial charge < -0.3 is 4.98 Å². The van der Waals surface area contributed by atoms with E-state index in [2.05, 4.69) is 9.71 Å². The van der Waals surface area contributed by atoms with Gasteiger partial charge in [-0.05, 0) is 49.2 Å². The molecule has 4 nitrogen and oxygen atoms in total. The molecule has 0 amide bonds. The molecule has 1 heterocycles. The Kier molecular flexibility index (Phi) is 4.43. The minimum atomic E-state index is -3.55. The fourth-order valence-corrected chi connectivity index (χ4v) is 3.99. The SMILES string of the molecule is CC(Cc1c[nH]c2ccccc12)NS(=O)(=O)c1ccc(Cl)cc1. The van der Waals surface area contributed by atoms with Crippen molar-refractivity contribution < 1.29 is 8.42 Å². The molecule has 0 aliphatic heterocycles. The van der Waals surface area contributed by atoms with Crippen molar-refractivity contribution in [2.75, 3.05) is 0 Å². The monoisotopic (exact) mass is 348 g/mol.